The number of carbonyl (C=O) groups excluding carboxylic acids is 1. The summed E-state index contributed by atoms with van der Waals surface area (Å²) in [5, 5.41) is 2.90. The average molecular weight is 435 g/mol. The molecule has 0 radical (unpaired) electrons. The molecule has 0 fully saturated rings. The van der Waals surface area contributed by atoms with Crippen LogP contribution in [-0.2, 0) is 14.6 Å². The SMILES string of the molecule is CCOc1ccc2nc(NC(=O)CS(=O)(=O)c3cccc4nsnc34)sc2c1. The van der Waals surface area contributed by atoms with E-state index in [0.717, 1.165) is 16.4 Å². The highest BCUT2D eigenvalue weighted by Gasteiger charge is 2.24. The maximum atomic E-state index is 12.7. The van der Waals surface area contributed by atoms with Crippen molar-refractivity contribution in [3.05, 3.63) is 36.4 Å². The Balaban J connectivity index is 1.54. The van der Waals surface area contributed by atoms with Crippen molar-refractivity contribution in [2.24, 2.45) is 0 Å². The molecule has 28 heavy (non-hydrogen) atoms. The van der Waals surface area contributed by atoms with Crippen LogP contribution in [0.1, 0.15) is 6.92 Å². The number of hydrogen-bond donors (Lipinski definition) is 1. The molecule has 0 spiro atoms. The van der Waals surface area contributed by atoms with Crippen LogP contribution >= 0.6 is 23.1 Å². The van der Waals surface area contributed by atoms with Crippen molar-refractivity contribution in [1.29, 1.82) is 0 Å². The van der Waals surface area contributed by atoms with E-state index < -0.39 is 21.5 Å². The molecule has 0 aliphatic rings. The van der Waals surface area contributed by atoms with Gasteiger partial charge in [0, 0.05) is 0 Å². The van der Waals surface area contributed by atoms with Gasteiger partial charge in [0.25, 0.3) is 0 Å². The third-order valence-electron chi connectivity index (χ3n) is 3.82. The molecule has 1 amide bonds. The molecule has 2 aromatic carbocycles. The Labute approximate surface area is 168 Å². The smallest absolute Gasteiger partial charge is 0.241 e. The second kappa shape index (κ2) is 7.41. The van der Waals surface area contributed by atoms with Crippen molar-refractivity contribution in [2.75, 3.05) is 17.7 Å². The van der Waals surface area contributed by atoms with Crippen LogP contribution in [0.25, 0.3) is 21.3 Å². The van der Waals surface area contributed by atoms with Crippen LogP contribution in [0.4, 0.5) is 5.13 Å². The minimum Gasteiger partial charge on any atom is -0.494 e. The Hall–Kier alpha value is -2.63. The van der Waals surface area contributed by atoms with E-state index >= 15 is 0 Å². The molecule has 0 bridgehead atoms. The Morgan fingerprint density at radius 1 is 1.18 bits per heavy atom. The van der Waals surface area contributed by atoms with Crippen LogP contribution in [0.3, 0.4) is 0 Å². The molecule has 144 valence electrons. The maximum Gasteiger partial charge on any atom is 0.241 e. The van der Waals surface area contributed by atoms with Gasteiger partial charge in [-0.15, -0.1) is 0 Å². The zero-order chi connectivity index (χ0) is 19.7. The van der Waals surface area contributed by atoms with Crippen molar-refractivity contribution in [1.82, 2.24) is 13.7 Å². The second-order valence-corrected chi connectivity index (χ2v) is 9.29. The van der Waals surface area contributed by atoms with E-state index in [-0.39, 0.29) is 10.4 Å². The third-order valence-corrected chi connectivity index (χ3v) is 6.94. The lowest BCUT2D eigenvalue weighted by Gasteiger charge is -2.04. The highest BCUT2D eigenvalue weighted by molar-refractivity contribution is 7.92. The van der Waals surface area contributed by atoms with Crippen molar-refractivity contribution in [3.8, 4) is 5.75 Å². The summed E-state index contributed by atoms with van der Waals surface area (Å²) in [5.41, 5.74) is 1.47. The van der Waals surface area contributed by atoms with Gasteiger partial charge in [0.1, 0.15) is 22.5 Å². The lowest BCUT2D eigenvalue weighted by molar-refractivity contribution is -0.113. The number of amides is 1. The summed E-state index contributed by atoms with van der Waals surface area (Å²) in [5.74, 6) is -0.655. The van der Waals surface area contributed by atoms with Gasteiger partial charge in [-0.1, -0.05) is 17.4 Å². The molecule has 0 unspecified atom stereocenters. The van der Waals surface area contributed by atoms with Gasteiger partial charge in [-0.25, -0.2) is 13.4 Å². The first-order chi connectivity index (χ1) is 13.5. The molecular formula is C17H14N4O4S3. The number of benzene rings is 2. The summed E-state index contributed by atoms with van der Waals surface area (Å²) in [6.45, 7) is 2.44. The van der Waals surface area contributed by atoms with Gasteiger partial charge in [0.2, 0.25) is 5.91 Å². The van der Waals surface area contributed by atoms with E-state index in [4.69, 9.17) is 4.74 Å². The fraction of sp³-hybridized carbons (Fsp3) is 0.176. The zero-order valence-electron chi connectivity index (χ0n) is 14.6. The van der Waals surface area contributed by atoms with Crippen LogP contribution in [0.2, 0.25) is 0 Å². The standard InChI is InChI=1S/C17H14N4O4S3/c1-2-25-10-6-7-11-13(8-10)26-17(18-11)19-15(22)9-28(23,24)14-5-3-4-12-16(14)21-27-20-12/h3-8H,2,9H2,1H3,(H,18,19,22). The molecule has 4 aromatic rings. The van der Waals surface area contributed by atoms with Gasteiger partial charge >= 0.3 is 0 Å². The Kier molecular flexibility index (Phi) is 4.96. The number of anilines is 1. The van der Waals surface area contributed by atoms with E-state index in [1.165, 1.54) is 17.4 Å². The minimum absolute atomic E-state index is 0.000411. The Morgan fingerprint density at radius 3 is 2.86 bits per heavy atom. The lowest BCUT2D eigenvalue weighted by atomic mass is 10.3. The van der Waals surface area contributed by atoms with Crippen LogP contribution < -0.4 is 10.1 Å². The van der Waals surface area contributed by atoms with Crippen molar-refractivity contribution >= 4 is 65.2 Å². The summed E-state index contributed by atoms with van der Waals surface area (Å²) in [7, 11) is -3.87. The first-order valence-electron chi connectivity index (χ1n) is 8.23. The molecule has 4 rings (SSSR count). The largest absolute Gasteiger partial charge is 0.494 e. The molecule has 2 heterocycles. The summed E-state index contributed by atoms with van der Waals surface area (Å²) < 4.78 is 39.7. The van der Waals surface area contributed by atoms with Crippen molar-refractivity contribution in [2.45, 2.75) is 11.8 Å². The number of rotatable bonds is 6. The number of aromatic nitrogens is 3. The van der Waals surface area contributed by atoms with E-state index in [9.17, 15) is 13.2 Å². The predicted octanol–water partition coefficient (Wildman–Crippen LogP) is 3.11. The van der Waals surface area contributed by atoms with E-state index in [1.54, 1.807) is 24.3 Å². The molecule has 2 aromatic heterocycles. The first-order valence-corrected chi connectivity index (χ1v) is 11.4. The van der Waals surface area contributed by atoms with Crippen LogP contribution in [0.5, 0.6) is 5.75 Å². The van der Waals surface area contributed by atoms with Gasteiger partial charge in [-0.2, -0.15) is 8.75 Å². The monoisotopic (exact) mass is 434 g/mol. The molecule has 11 heteroatoms. The summed E-state index contributed by atoms with van der Waals surface area (Å²) in [6.07, 6.45) is 0. The number of nitrogens with zero attached hydrogens (tertiary/aromatic N) is 3. The average Bonchev–Trinajstić information content (AvgIpc) is 3.26. The van der Waals surface area contributed by atoms with Gasteiger partial charge in [-0.05, 0) is 37.3 Å². The second-order valence-electron chi connectivity index (χ2n) is 5.78. The normalized spacial score (nSPS) is 11.8. The fourth-order valence-electron chi connectivity index (χ4n) is 2.65. The van der Waals surface area contributed by atoms with Gasteiger partial charge < -0.3 is 10.1 Å². The van der Waals surface area contributed by atoms with E-state index in [0.29, 0.717) is 28.5 Å². The Bertz CT molecular complexity index is 1280. The quantitative estimate of drug-likeness (QED) is 0.496. The minimum atomic E-state index is -3.87. The van der Waals surface area contributed by atoms with Crippen molar-refractivity contribution in [3.63, 3.8) is 0 Å². The number of nitrogens with one attached hydrogen (secondary N) is 1. The topological polar surface area (TPSA) is 111 Å². The maximum absolute atomic E-state index is 12.7. The highest BCUT2D eigenvalue weighted by atomic mass is 32.2. The number of ether oxygens (including phenoxy) is 1. The first kappa shape index (κ1) is 18.7. The molecule has 0 aliphatic carbocycles. The van der Waals surface area contributed by atoms with Crippen LogP contribution in [0.15, 0.2) is 41.3 Å². The van der Waals surface area contributed by atoms with Gasteiger partial charge in [-0.3, -0.25) is 4.79 Å². The summed E-state index contributed by atoms with van der Waals surface area (Å²) >= 11 is 2.18. The van der Waals surface area contributed by atoms with Gasteiger partial charge in [0.05, 0.1) is 33.4 Å². The molecule has 0 saturated carbocycles. The van der Waals surface area contributed by atoms with Crippen LogP contribution in [0, 0.1) is 0 Å². The molecule has 8 nitrogen and oxygen atoms in total. The van der Waals surface area contributed by atoms with E-state index in [2.05, 4.69) is 19.0 Å². The summed E-state index contributed by atoms with van der Waals surface area (Å²) in [6, 6.07) is 10.1. The van der Waals surface area contributed by atoms with Crippen LogP contribution in [-0.4, -0.2) is 40.4 Å². The molecule has 0 saturated heterocycles. The predicted molar refractivity (Wildman–Crippen MR) is 109 cm³/mol. The number of thiazole rings is 1. The number of hydrogen-bond acceptors (Lipinski definition) is 9. The fourth-order valence-corrected chi connectivity index (χ4v) is 5.47. The zero-order valence-corrected chi connectivity index (χ0v) is 17.0. The third kappa shape index (κ3) is 3.68. The Morgan fingerprint density at radius 2 is 2.04 bits per heavy atom. The molecule has 0 atom stereocenters. The van der Waals surface area contributed by atoms with E-state index in [1.807, 2.05) is 13.0 Å². The summed E-state index contributed by atoms with van der Waals surface area (Å²) in [4.78, 5) is 16.7. The highest BCUT2D eigenvalue weighted by Crippen LogP contribution is 2.29. The number of fused-ring (bicyclic) bond motifs is 2. The molecular weight excluding hydrogens is 420 g/mol. The lowest BCUT2D eigenvalue weighted by Crippen LogP contribution is -2.23. The van der Waals surface area contributed by atoms with Gasteiger partial charge in [0.15, 0.2) is 15.0 Å². The van der Waals surface area contributed by atoms with Crippen molar-refractivity contribution < 1.29 is 17.9 Å². The molecule has 1 N–H and O–H groups in total. The number of carbonyl (C=O) groups is 1. The molecule has 0 aliphatic heterocycles. The number of sulfone groups is 1.